The molecular weight excluding hydrogens is 290 g/mol. The van der Waals surface area contributed by atoms with E-state index in [9.17, 15) is 9.59 Å². The average molecular weight is 307 g/mol. The molecule has 0 saturated heterocycles. The van der Waals surface area contributed by atoms with Gasteiger partial charge < -0.3 is 15.0 Å². The maximum absolute atomic E-state index is 11.0. The first-order valence-electron chi connectivity index (χ1n) is 6.53. The lowest BCUT2D eigenvalue weighted by Crippen LogP contribution is -2.24. The largest absolute Gasteiger partial charge is 0.481 e. The van der Waals surface area contributed by atoms with Crippen LogP contribution in [0.25, 0.3) is 11.0 Å². The van der Waals surface area contributed by atoms with Gasteiger partial charge in [0.1, 0.15) is 0 Å². The maximum atomic E-state index is 11.0. The number of rotatable bonds is 6. The molecule has 0 bridgehead atoms. The molecule has 0 atom stereocenters. The molecule has 0 radical (unpaired) electrons. The molecule has 112 valence electrons. The van der Waals surface area contributed by atoms with Crippen LogP contribution in [0.2, 0.25) is 0 Å². The topological polar surface area (TPSA) is 84.2 Å². The van der Waals surface area contributed by atoms with Crippen molar-refractivity contribution >= 4 is 34.7 Å². The minimum Gasteiger partial charge on any atom is -0.481 e. The zero-order valence-electron chi connectivity index (χ0n) is 11.9. The number of fused-ring (bicyclic) bond motifs is 1. The summed E-state index contributed by atoms with van der Waals surface area (Å²) >= 11 is 1.19. The number of aryl methyl sites for hydroxylation is 1. The number of benzene rings is 1. The van der Waals surface area contributed by atoms with Gasteiger partial charge in [0.05, 0.1) is 16.8 Å². The van der Waals surface area contributed by atoms with E-state index in [1.165, 1.54) is 18.7 Å². The Kier molecular flexibility index (Phi) is 4.85. The van der Waals surface area contributed by atoms with Crippen molar-refractivity contribution in [2.24, 2.45) is 0 Å². The number of hydrogen-bond donors (Lipinski definition) is 2. The van der Waals surface area contributed by atoms with Gasteiger partial charge in [-0.2, -0.15) is 0 Å². The van der Waals surface area contributed by atoms with Crippen molar-refractivity contribution in [1.82, 2.24) is 14.9 Å². The van der Waals surface area contributed by atoms with Gasteiger partial charge in [-0.25, -0.2) is 4.98 Å². The minimum absolute atomic E-state index is 0.0392. The molecular formula is C14H17N3O3S. The lowest BCUT2D eigenvalue weighted by Gasteiger charge is -2.09. The highest BCUT2D eigenvalue weighted by Crippen LogP contribution is 2.24. The average Bonchev–Trinajstić information content (AvgIpc) is 2.74. The van der Waals surface area contributed by atoms with Gasteiger partial charge in [0.15, 0.2) is 5.16 Å². The first-order valence-corrected chi connectivity index (χ1v) is 7.52. The highest BCUT2D eigenvalue weighted by molar-refractivity contribution is 7.99. The molecule has 1 amide bonds. The van der Waals surface area contributed by atoms with Crippen LogP contribution >= 0.6 is 11.8 Å². The molecule has 0 aliphatic carbocycles. The number of carboxylic acids is 1. The zero-order chi connectivity index (χ0) is 15.4. The fraction of sp³-hybridized carbons (Fsp3) is 0.357. The predicted molar refractivity (Wildman–Crippen MR) is 81.5 cm³/mol. The minimum atomic E-state index is -0.878. The number of carbonyl (C=O) groups excluding carboxylic acids is 1. The Balaban J connectivity index is 2.30. The third-order valence-corrected chi connectivity index (χ3v) is 3.86. The van der Waals surface area contributed by atoms with E-state index in [1.54, 1.807) is 0 Å². The summed E-state index contributed by atoms with van der Waals surface area (Å²) in [5.41, 5.74) is 2.89. The van der Waals surface area contributed by atoms with E-state index in [2.05, 4.69) is 10.3 Å². The molecule has 2 N–H and O–H groups in total. The summed E-state index contributed by atoms with van der Waals surface area (Å²) in [5, 5.41) is 12.2. The van der Waals surface area contributed by atoms with Gasteiger partial charge in [-0.15, -0.1) is 0 Å². The van der Waals surface area contributed by atoms with Crippen LogP contribution in [0.15, 0.2) is 23.4 Å². The number of aliphatic carboxylic acids is 1. The first kappa shape index (κ1) is 15.4. The van der Waals surface area contributed by atoms with Crippen molar-refractivity contribution in [3.63, 3.8) is 0 Å². The summed E-state index contributed by atoms with van der Waals surface area (Å²) in [6.45, 7) is 4.50. The molecule has 0 aliphatic heterocycles. The molecule has 0 fully saturated rings. The van der Waals surface area contributed by atoms with E-state index in [4.69, 9.17) is 5.11 Å². The number of nitrogens with one attached hydrogen (secondary N) is 1. The monoisotopic (exact) mass is 307 g/mol. The number of amides is 1. The molecule has 1 aromatic carbocycles. The van der Waals surface area contributed by atoms with Crippen LogP contribution in [0.3, 0.4) is 0 Å². The van der Waals surface area contributed by atoms with Gasteiger partial charge in [0, 0.05) is 20.0 Å². The van der Waals surface area contributed by atoms with Crippen LogP contribution in [-0.4, -0.2) is 38.8 Å². The van der Waals surface area contributed by atoms with E-state index < -0.39 is 5.97 Å². The molecule has 0 spiro atoms. The Labute approximate surface area is 126 Å². The van der Waals surface area contributed by atoms with Gasteiger partial charge >= 0.3 is 5.97 Å². The number of carboxylic acid groups (broad SMARTS) is 1. The Morgan fingerprint density at radius 3 is 2.86 bits per heavy atom. The third kappa shape index (κ3) is 3.98. The lowest BCUT2D eigenvalue weighted by molar-refractivity contribution is -0.133. The van der Waals surface area contributed by atoms with Crippen LogP contribution in [0, 0.1) is 6.92 Å². The number of aromatic nitrogens is 2. The maximum Gasteiger partial charge on any atom is 0.313 e. The second kappa shape index (κ2) is 6.62. The summed E-state index contributed by atoms with van der Waals surface area (Å²) in [7, 11) is 0. The van der Waals surface area contributed by atoms with Crippen LogP contribution in [0.1, 0.15) is 12.5 Å². The fourth-order valence-electron chi connectivity index (χ4n) is 2.01. The Morgan fingerprint density at radius 2 is 2.19 bits per heavy atom. The van der Waals surface area contributed by atoms with E-state index in [1.807, 2.05) is 29.7 Å². The highest BCUT2D eigenvalue weighted by atomic mass is 32.2. The van der Waals surface area contributed by atoms with Gasteiger partial charge in [0.2, 0.25) is 5.91 Å². The van der Waals surface area contributed by atoms with E-state index >= 15 is 0 Å². The first-order chi connectivity index (χ1) is 9.97. The van der Waals surface area contributed by atoms with Crippen molar-refractivity contribution in [1.29, 1.82) is 0 Å². The summed E-state index contributed by atoms with van der Waals surface area (Å²) < 4.78 is 1.95. The number of hydrogen-bond acceptors (Lipinski definition) is 4. The summed E-state index contributed by atoms with van der Waals surface area (Å²) in [6.07, 6.45) is 0. The van der Waals surface area contributed by atoms with Crippen LogP contribution < -0.4 is 5.32 Å². The Morgan fingerprint density at radius 1 is 1.43 bits per heavy atom. The van der Waals surface area contributed by atoms with Crippen LogP contribution in [0.4, 0.5) is 0 Å². The summed E-state index contributed by atoms with van der Waals surface area (Å²) in [5.74, 6) is -1.00. The van der Waals surface area contributed by atoms with Crippen molar-refractivity contribution in [2.75, 3.05) is 12.3 Å². The number of thioether (sulfide) groups is 1. The quantitative estimate of drug-likeness (QED) is 0.793. The molecule has 0 saturated carbocycles. The van der Waals surface area contributed by atoms with Gasteiger partial charge in [-0.1, -0.05) is 17.8 Å². The van der Waals surface area contributed by atoms with Gasteiger partial charge in [-0.3, -0.25) is 9.59 Å². The molecule has 2 aromatic rings. The second-order valence-corrected chi connectivity index (χ2v) is 5.65. The predicted octanol–water partition coefficient (Wildman–Crippen LogP) is 1.66. The molecule has 0 unspecified atom stereocenters. The van der Waals surface area contributed by atoms with Gasteiger partial charge in [-0.05, 0) is 24.6 Å². The number of nitrogens with zero attached hydrogens (tertiary/aromatic N) is 2. The smallest absolute Gasteiger partial charge is 0.313 e. The van der Waals surface area contributed by atoms with Crippen molar-refractivity contribution in [3.05, 3.63) is 23.8 Å². The second-order valence-electron chi connectivity index (χ2n) is 4.70. The molecule has 21 heavy (non-hydrogen) atoms. The normalized spacial score (nSPS) is 10.8. The van der Waals surface area contributed by atoms with Crippen molar-refractivity contribution in [3.8, 4) is 0 Å². The van der Waals surface area contributed by atoms with Gasteiger partial charge in [0.25, 0.3) is 0 Å². The number of carbonyl (C=O) groups is 2. The highest BCUT2D eigenvalue weighted by Gasteiger charge is 2.12. The Bertz CT molecular complexity index is 681. The molecule has 1 heterocycles. The molecule has 1 aromatic heterocycles. The Hall–Kier alpha value is -2.02. The third-order valence-electron chi connectivity index (χ3n) is 2.90. The molecule has 2 rings (SSSR count). The van der Waals surface area contributed by atoms with E-state index in [0.29, 0.717) is 18.2 Å². The fourth-order valence-corrected chi connectivity index (χ4v) is 2.77. The van der Waals surface area contributed by atoms with Crippen molar-refractivity contribution in [2.45, 2.75) is 25.5 Å². The zero-order valence-corrected chi connectivity index (χ0v) is 12.7. The molecule has 0 aliphatic rings. The lowest BCUT2D eigenvalue weighted by atomic mass is 10.2. The van der Waals surface area contributed by atoms with E-state index in [0.717, 1.165) is 16.6 Å². The number of imidazole rings is 1. The SMILES string of the molecule is CC(=O)NCCn1c(SCC(=O)O)nc2ccc(C)cc21. The standard InChI is InChI=1S/C14H17N3O3S/c1-9-3-4-11-12(7-9)17(6-5-15-10(2)18)14(16-11)21-8-13(19)20/h3-4,7H,5-6,8H2,1-2H3,(H,15,18)(H,19,20). The van der Waals surface area contributed by atoms with E-state index in [-0.39, 0.29) is 11.7 Å². The summed E-state index contributed by atoms with van der Waals surface area (Å²) in [4.78, 5) is 26.2. The van der Waals surface area contributed by atoms with Crippen molar-refractivity contribution < 1.29 is 14.7 Å². The molecule has 6 nitrogen and oxygen atoms in total. The van der Waals surface area contributed by atoms with Crippen LogP contribution in [0.5, 0.6) is 0 Å². The summed E-state index contributed by atoms with van der Waals surface area (Å²) in [6, 6.07) is 5.91. The molecule has 7 heteroatoms. The van der Waals surface area contributed by atoms with Crippen LogP contribution in [-0.2, 0) is 16.1 Å².